The number of para-hydroxylation sites is 1. The van der Waals surface area contributed by atoms with Gasteiger partial charge in [0.15, 0.2) is 5.82 Å². The van der Waals surface area contributed by atoms with E-state index >= 15 is 0 Å². The Morgan fingerprint density at radius 2 is 1.41 bits per heavy atom. The molecule has 0 N–H and O–H groups in total. The van der Waals surface area contributed by atoms with Gasteiger partial charge < -0.3 is 4.90 Å². The molecule has 0 bridgehead atoms. The van der Waals surface area contributed by atoms with Crippen LogP contribution in [0, 0.1) is 25.2 Å². The van der Waals surface area contributed by atoms with Crippen LogP contribution in [0.1, 0.15) is 108 Å². The summed E-state index contributed by atoms with van der Waals surface area (Å²) in [5.41, 5.74) is 17.1. The van der Waals surface area contributed by atoms with Crippen molar-refractivity contribution in [3.63, 3.8) is 0 Å². The third kappa shape index (κ3) is 14.4. The fraction of sp³-hybridized carbons (Fsp3) is 0.200. The molecule has 0 spiro atoms. The number of hydrogen-bond donors (Lipinski definition) is 0. The summed E-state index contributed by atoms with van der Waals surface area (Å²) in [6, 6.07) is 46.0. The lowest BCUT2D eigenvalue weighted by molar-refractivity contribution is 0.630. The maximum Gasteiger partial charge on any atom is 0.154 e. The summed E-state index contributed by atoms with van der Waals surface area (Å²) in [6.07, 6.45) is 47.0. The first kappa shape index (κ1) is 56.5. The first-order chi connectivity index (χ1) is 36.1. The van der Waals surface area contributed by atoms with Crippen LogP contribution in [-0.2, 0) is 24.7 Å². The number of terminal acetylenes is 2. The highest BCUT2D eigenvalue weighted by molar-refractivity contribution is 5.88. The topological polar surface area (TPSA) is 32.3 Å². The van der Waals surface area contributed by atoms with Crippen molar-refractivity contribution in [3.8, 4) is 36.3 Å². The molecule has 1 aliphatic carbocycles. The molecule has 2 aliphatic heterocycles. The van der Waals surface area contributed by atoms with Crippen molar-refractivity contribution < 1.29 is 0 Å². The van der Waals surface area contributed by atoms with Crippen LogP contribution in [0.2, 0.25) is 0 Å². The highest BCUT2D eigenvalue weighted by Crippen LogP contribution is 2.52. The Morgan fingerprint density at radius 1 is 0.743 bits per heavy atom. The average Bonchev–Trinajstić information content (AvgIpc) is 3.81. The summed E-state index contributed by atoms with van der Waals surface area (Å²) in [7, 11) is 0. The largest absolute Gasteiger partial charge is 0.310 e. The van der Waals surface area contributed by atoms with Crippen LogP contribution in [0.4, 0.5) is 22.9 Å². The molecule has 4 heteroatoms. The molecule has 0 atom stereocenters. The number of nitrogens with zero attached hydrogens (tertiary/aromatic N) is 4. The lowest BCUT2D eigenvalue weighted by Gasteiger charge is -2.42. The highest BCUT2D eigenvalue weighted by Gasteiger charge is 2.37. The van der Waals surface area contributed by atoms with Gasteiger partial charge in [0, 0.05) is 35.7 Å². The van der Waals surface area contributed by atoms with Crippen LogP contribution < -0.4 is 9.80 Å². The van der Waals surface area contributed by atoms with Crippen molar-refractivity contribution in [2.45, 2.75) is 92.9 Å². The van der Waals surface area contributed by atoms with Crippen LogP contribution in [0.15, 0.2) is 230 Å². The van der Waals surface area contributed by atoms with E-state index in [-0.39, 0.29) is 5.41 Å². The second-order valence-electron chi connectivity index (χ2n) is 18.1. The predicted molar refractivity (Wildman–Crippen MR) is 322 cm³/mol. The molecular formula is C70H74N4. The van der Waals surface area contributed by atoms with E-state index in [2.05, 4.69) is 257 Å². The number of benzene rings is 5. The van der Waals surface area contributed by atoms with Crippen LogP contribution in [0.5, 0.6) is 0 Å². The van der Waals surface area contributed by atoms with Crippen LogP contribution in [-0.4, -0.2) is 9.97 Å². The lowest BCUT2D eigenvalue weighted by atomic mass is 9.73. The minimum atomic E-state index is -0.162. The monoisotopic (exact) mass is 971 g/mol. The van der Waals surface area contributed by atoms with Crippen molar-refractivity contribution >= 4 is 29.0 Å². The quantitative estimate of drug-likeness (QED) is 0.0736. The van der Waals surface area contributed by atoms with Gasteiger partial charge in [0.1, 0.15) is 5.82 Å². The molecule has 3 aliphatic rings. The zero-order chi connectivity index (χ0) is 53.3. The van der Waals surface area contributed by atoms with Crippen molar-refractivity contribution in [1.82, 2.24) is 9.97 Å². The molecule has 3 heterocycles. The number of fused-ring (bicyclic) bond motifs is 3. The van der Waals surface area contributed by atoms with E-state index in [0.717, 1.165) is 49.3 Å². The van der Waals surface area contributed by atoms with Gasteiger partial charge in [-0.15, -0.1) is 31.8 Å². The van der Waals surface area contributed by atoms with E-state index in [4.69, 9.17) is 9.97 Å². The predicted octanol–water partition coefficient (Wildman–Crippen LogP) is 18.3. The van der Waals surface area contributed by atoms with E-state index in [1.807, 2.05) is 39.0 Å². The van der Waals surface area contributed by atoms with Gasteiger partial charge in [0.25, 0.3) is 0 Å². The molecule has 0 amide bonds. The average molecular weight is 971 g/mol. The Morgan fingerprint density at radius 3 is 2.05 bits per heavy atom. The van der Waals surface area contributed by atoms with E-state index in [1.54, 1.807) is 13.0 Å². The molecule has 9 rings (SSSR count). The Balaban J connectivity index is 0.000000484. The fourth-order valence-electron chi connectivity index (χ4n) is 9.30. The van der Waals surface area contributed by atoms with Crippen molar-refractivity contribution in [2.75, 3.05) is 9.80 Å². The van der Waals surface area contributed by atoms with Gasteiger partial charge in [-0.3, -0.25) is 4.90 Å². The number of allylic oxidation sites excluding steroid dienone is 15. The summed E-state index contributed by atoms with van der Waals surface area (Å²) < 4.78 is 0. The number of aromatic nitrogens is 2. The smallest absolute Gasteiger partial charge is 0.154 e. The molecular weight excluding hydrogens is 897 g/mol. The van der Waals surface area contributed by atoms with Crippen LogP contribution in [0.3, 0.4) is 0 Å². The Bertz CT molecular complexity index is 3100. The first-order valence-corrected chi connectivity index (χ1v) is 25.7. The Hall–Kier alpha value is -8.44. The molecule has 0 saturated heterocycles. The molecule has 1 aromatic heterocycles. The summed E-state index contributed by atoms with van der Waals surface area (Å²) in [6.45, 7) is 20.0. The normalized spacial score (nSPS) is 14.9. The SMILES string of the molecule is C#C.C#CC.C/C=C\C(=C/CC)N1c2ccccc2C(C)(C)c2ccc(-c3cccc4c3C/C(=C\C=C3\C=CC=CC3)N4c3cc(Cc4ccccc4)nc(/C=C/C)n3)cc21.C/C=C\Cc1ccccc1.C=CC. The molecule has 0 radical (unpaired) electrons. The lowest BCUT2D eigenvalue weighted by Crippen LogP contribution is -2.32. The maximum atomic E-state index is 5.17. The fourth-order valence-corrected chi connectivity index (χ4v) is 9.30. The van der Waals surface area contributed by atoms with E-state index < -0.39 is 0 Å². The van der Waals surface area contributed by atoms with E-state index in [9.17, 15) is 0 Å². The highest BCUT2D eigenvalue weighted by atomic mass is 15.2. The number of rotatable bonds is 11. The molecule has 0 saturated carbocycles. The van der Waals surface area contributed by atoms with Crippen molar-refractivity contribution in [1.29, 1.82) is 0 Å². The molecule has 374 valence electrons. The molecule has 5 aromatic carbocycles. The van der Waals surface area contributed by atoms with Gasteiger partial charge >= 0.3 is 0 Å². The Kier molecular flexibility index (Phi) is 22.3. The summed E-state index contributed by atoms with van der Waals surface area (Å²) in [4.78, 5) is 15.0. The summed E-state index contributed by atoms with van der Waals surface area (Å²) in [5, 5.41) is 0. The second kappa shape index (κ2) is 29.2. The van der Waals surface area contributed by atoms with Crippen molar-refractivity contribution in [3.05, 3.63) is 269 Å². The van der Waals surface area contributed by atoms with Gasteiger partial charge in [0.2, 0.25) is 0 Å². The van der Waals surface area contributed by atoms with Gasteiger partial charge in [-0.05, 0) is 135 Å². The van der Waals surface area contributed by atoms with Crippen LogP contribution >= 0.6 is 0 Å². The molecule has 0 fully saturated rings. The van der Waals surface area contributed by atoms with Gasteiger partial charge in [0.05, 0.1) is 22.8 Å². The van der Waals surface area contributed by atoms with Gasteiger partial charge in [-0.1, -0.05) is 191 Å². The molecule has 74 heavy (non-hydrogen) atoms. The third-order valence-corrected chi connectivity index (χ3v) is 12.5. The number of hydrogen-bond acceptors (Lipinski definition) is 4. The zero-order valence-corrected chi connectivity index (χ0v) is 45.0. The zero-order valence-electron chi connectivity index (χ0n) is 45.0. The molecule has 4 nitrogen and oxygen atoms in total. The molecule has 6 aromatic rings. The van der Waals surface area contributed by atoms with Gasteiger partial charge in [-0.2, -0.15) is 0 Å². The summed E-state index contributed by atoms with van der Waals surface area (Å²) >= 11 is 0. The van der Waals surface area contributed by atoms with Crippen LogP contribution in [0.25, 0.3) is 17.2 Å². The second-order valence-corrected chi connectivity index (χ2v) is 18.1. The first-order valence-electron chi connectivity index (χ1n) is 25.7. The Labute approximate surface area is 445 Å². The minimum Gasteiger partial charge on any atom is -0.310 e. The molecule has 0 unspecified atom stereocenters. The van der Waals surface area contributed by atoms with E-state index in [1.165, 1.54) is 67.3 Å². The van der Waals surface area contributed by atoms with Crippen molar-refractivity contribution in [2.24, 2.45) is 0 Å². The number of anilines is 4. The van der Waals surface area contributed by atoms with Gasteiger partial charge in [-0.25, -0.2) is 9.97 Å². The third-order valence-electron chi connectivity index (χ3n) is 12.5. The summed E-state index contributed by atoms with van der Waals surface area (Å²) in [5.74, 6) is 3.85. The van der Waals surface area contributed by atoms with E-state index in [0.29, 0.717) is 5.82 Å². The maximum absolute atomic E-state index is 5.17. The minimum absolute atomic E-state index is 0.162. The standard InChI is InChI=1S/C52H50N4.C10H12.C3H6.C3H4.C2H2/c1-6-18-41(19-7-2)55-48-27-16-15-26-45(48)52(4,5)46-32-30-39(34-49(46)55)43-25-17-28-47-44(43)36-42(31-29-37-21-11-9-12-22-37)56(47)51-35-40(53-50(54-51)20-8-3)33-38-23-13-10-14-24-38;1-2-3-7-10-8-5-4-6-9-10;2*1-3-2;1-2/h6,8-21,23-32,34-35H,7,22,33,36H2,1-5H3;2-6,8-9H,7H2,1H3;3H,1H2,2H3;1H,2H3;1-2H/b18-6-,20-8+,37-29-,41-19+,42-31+;3-2-;;;.